The standard InChI is InChI=1S/C7H7ClF2N2O2/c8-4-3-11-12(2-1-5(13)14)6(4)7(9)10/h3,7H,1-2H2,(H,13,14). The van der Waals surface area contributed by atoms with Crippen molar-refractivity contribution in [3.63, 3.8) is 0 Å². The lowest BCUT2D eigenvalue weighted by atomic mass is 10.4. The van der Waals surface area contributed by atoms with Gasteiger partial charge in [0.15, 0.2) is 0 Å². The number of carboxylic acids is 1. The van der Waals surface area contributed by atoms with Gasteiger partial charge in [0.25, 0.3) is 6.43 Å². The first kappa shape index (κ1) is 10.9. The van der Waals surface area contributed by atoms with E-state index >= 15 is 0 Å². The van der Waals surface area contributed by atoms with Gasteiger partial charge < -0.3 is 5.11 Å². The lowest BCUT2D eigenvalue weighted by Crippen LogP contribution is -2.09. The van der Waals surface area contributed by atoms with Crippen LogP contribution in [-0.2, 0) is 11.3 Å². The van der Waals surface area contributed by atoms with E-state index in [1.807, 2.05) is 0 Å². The summed E-state index contributed by atoms with van der Waals surface area (Å²) < 4.78 is 25.6. The highest BCUT2D eigenvalue weighted by Crippen LogP contribution is 2.26. The number of carbonyl (C=O) groups is 1. The molecule has 0 saturated heterocycles. The maximum absolute atomic E-state index is 12.4. The molecule has 0 spiro atoms. The first-order chi connectivity index (χ1) is 6.52. The first-order valence-electron chi connectivity index (χ1n) is 3.73. The molecule has 0 aliphatic rings. The van der Waals surface area contributed by atoms with Crippen LogP contribution in [0.5, 0.6) is 0 Å². The van der Waals surface area contributed by atoms with Gasteiger partial charge in [-0.2, -0.15) is 5.10 Å². The van der Waals surface area contributed by atoms with Crippen LogP contribution < -0.4 is 0 Å². The number of aliphatic carboxylic acids is 1. The average Bonchev–Trinajstić information content (AvgIpc) is 2.43. The fourth-order valence-electron chi connectivity index (χ4n) is 0.969. The van der Waals surface area contributed by atoms with Gasteiger partial charge in [-0.25, -0.2) is 8.78 Å². The molecule has 1 N–H and O–H groups in total. The van der Waals surface area contributed by atoms with Gasteiger partial charge in [0.2, 0.25) is 0 Å². The number of carboxylic acid groups (broad SMARTS) is 1. The molecule has 0 saturated carbocycles. The molecule has 7 heteroatoms. The number of alkyl halides is 2. The second-order valence-corrected chi connectivity index (χ2v) is 2.95. The quantitative estimate of drug-likeness (QED) is 0.851. The van der Waals surface area contributed by atoms with Crippen LogP contribution >= 0.6 is 11.6 Å². The molecule has 78 valence electrons. The minimum atomic E-state index is -2.75. The molecule has 1 rings (SSSR count). The molecule has 0 atom stereocenters. The van der Waals surface area contributed by atoms with Crippen LogP contribution in [0.1, 0.15) is 18.5 Å². The second kappa shape index (κ2) is 4.36. The largest absolute Gasteiger partial charge is 0.481 e. The third-order valence-corrected chi connectivity index (χ3v) is 1.87. The van der Waals surface area contributed by atoms with E-state index in [1.54, 1.807) is 0 Å². The van der Waals surface area contributed by atoms with Gasteiger partial charge in [-0.15, -0.1) is 0 Å². The highest BCUT2D eigenvalue weighted by molar-refractivity contribution is 6.31. The third kappa shape index (κ3) is 2.41. The van der Waals surface area contributed by atoms with E-state index in [1.165, 1.54) is 0 Å². The minimum Gasteiger partial charge on any atom is -0.481 e. The maximum Gasteiger partial charge on any atom is 0.305 e. The van der Waals surface area contributed by atoms with Crippen molar-refractivity contribution in [2.24, 2.45) is 0 Å². The molecule has 0 amide bonds. The van der Waals surface area contributed by atoms with Crippen molar-refractivity contribution in [2.45, 2.75) is 19.4 Å². The topological polar surface area (TPSA) is 55.1 Å². The summed E-state index contributed by atoms with van der Waals surface area (Å²) in [5.41, 5.74) is -0.437. The van der Waals surface area contributed by atoms with Crippen molar-refractivity contribution >= 4 is 17.6 Å². The first-order valence-corrected chi connectivity index (χ1v) is 4.11. The van der Waals surface area contributed by atoms with Crippen molar-refractivity contribution in [1.82, 2.24) is 9.78 Å². The predicted molar refractivity (Wildman–Crippen MR) is 44.4 cm³/mol. The van der Waals surface area contributed by atoms with Crippen molar-refractivity contribution in [1.29, 1.82) is 0 Å². The summed E-state index contributed by atoms with van der Waals surface area (Å²) in [5.74, 6) is -1.07. The Kier molecular flexibility index (Phi) is 3.40. The molecule has 0 aliphatic carbocycles. The molecule has 0 fully saturated rings. The summed E-state index contributed by atoms with van der Waals surface area (Å²) in [6.45, 7) is -0.109. The molecule has 0 bridgehead atoms. The summed E-state index contributed by atoms with van der Waals surface area (Å²) in [5, 5.41) is 11.8. The Morgan fingerprint density at radius 2 is 2.36 bits per heavy atom. The van der Waals surface area contributed by atoms with Crippen molar-refractivity contribution in [2.75, 3.05) is 0 Å². The molecule has 0 radical (unpaired) electrons. The second-order valence-electron chi connectivity index (χ2n) is 2.55. The number of rotatable bonds is 4. The molecule has 1 aromatic rings. The van der Waals surface area contributed by atoms with Crippen LogP contribution in [0.25, 0.3) is 0 Å². The van der Waals surface area contributed by atoms with E-state index in [0.29, 0.717) is 0 Å². The Bertz CT molecular complexity index is 340. The number of aryl methyl sites for hydroxylation is 1. The number of hydrogen-bond donors (Lipinski definition) is 1. The normalized spacial score (nSPS) is 10.9. The van der Waals surface area contributed by atoms with Crippen molar-refractivity contribution in [3.05, 3.63) is 16.9 Å². The zero-order chi connectivity index (χ0) is 10.7. The zero-order valence-corrected chi connectivity index (χ0v) is 7.71. The van der Waals surface area contributed by atoms with Crippen molar-refractivity contribution < 1.29 is 18.7 Å². The van der Waals surface area contributed by atoms with Gasteiger partial charge >= 0.3 is 5.97 Å². The van der Waals surface area contributed by atoms with Gasteiger partial charge in [-0.3, -0.25) is 9.48 Å². The van der Waals surface area contributed by atoms with E-state index < -0.39 is 18.1 Å². The lowest BCUT2D eigenvalue weighted by molar-refractivity contribution is -0.137. The fraction of sp³-hybridized carbons (Fsp3) is 0.429. The molecule has 4 nitrogen and oxygen atoms in total. The van der Waals surface area contributed by atoms with E-state index in [2.05, 4.69) is 5.10 Å². The Hall–Kier alpha value is -1.17. The van der Waals surface area contributed by atoms with E-state index in [9.17, 15) is 13.6 Å². The van der Waals surface area contributed by atoms with Crippen LogP contribution in [0.3, 0.4) is 0 Å². The van der Waals surface area contributed by atoms with E-state index in [0.717, 1.165) is 10.9 Å². The van der Waals surface area contributed by atoms with Crippen LogP contribution in [0, 0.1) is 0 Å². The van der Waals surface area contributed by atoms with Gasteiger partial charge in [0.1, 0.15) is 5.69 Å². The fourth-order valence-corrected chi connectivity index (χ4v) is 1.19. The Balaban J connectivity index is 2.81. The molecule has 1 aromatic heterocycles. The monoisotopic (exact) mass is 224 g/mol. The van der Waals surface area contributed by atoms with E-state index in [-0.39, 0.29) is 18.0 Å². The van der Waals surface area contributed by atoms with Crippen LogP contribution in [0.2, 0.25) is 5.02 Å². The van der Waals surface area contributed by atoms with Gasteiger partial charge in [0.05, 0.1) is 24.2 Å². The molecule has 0 aromatic carbocycles. The molecular weight excluding hydrogens is 218 g/mol. The summed E-state index contributed by atoms with van der Waals surface area (Å²) in [4.78, 5) is 10.2. The van der Waals surface area contributed by atoms with Crippen LogP contribution in [0.15, 0.2) is 6.20 Å². The summed E-state index contributed by atoms with van der Waals surface area (Å²) in [7, 11) is 0. The maximum atomic E-state index is 12.4. The Labute approximate surface area is 83.1 Å². The molecule has 1 heterocycles. The zero-order valence-electron chi connectivity index (χ0n) is 6.95. The Morgan fingerprint density at radius 1 is 1.71 bits per heavy atom. The molecule has 0 aliphatic heterocycles. The van der Waals surface area contributed by atoms with Crippen LogP contribution in [-0.4, -0.2) is 20.9 Å². The highest BCUT2D eigenvalue weighted by Gasteiger charge is 2.18. The summed E-state index contributed by atoms with van der Waals surface area (Å²) in [6.07, 6.45) is -1.94. The number of aromatic nitrogens is 2. The minimum absolute atomic E-state index is 0.109. The molecule has 0 unspecified atom stereocenters. The molecule has 14 heavy (non-hydrogen) atoms. The third-order valence-electron chi connectivity index (χ3n) is 1.58. The van der Waals surface area contributed by atoms with Crippen molar-refractivity contribution in [3.8, 4) is 0 Å². The Morgan fingerprint density at radius 3 is 2.86 bits per heavy atom. The smallest absolute Gasteiger partial charge is 0.305 e. The van der Waals surface area contributed by atoms with Gasteiger partial charge in [-0.05, 0) is 0 Å². The van der Waals surface area contributed by atoms with E-state index in [4.69, 9.17) is 16.7 Å². The summed E-state index contributed by atoms with van der Waals surface area (Å²) >= 11 is 5.44. The lowest BCUT2D eigenvalue weighted by Gasteiger charge is -2.04. The average molecular weight is 225 g/mol. The summed E-state index contributed by atoms with van der Waals surface area (Å²) in [6, 6.07) is 0. The van der Waals surface area contributed by atoms with Gasteiger partial charge in [-0.1, -0.05) is 11.6 Å². The SMILES string of the molecule is O=C(O)CCn1ncc(Cl)c1C(F)F. The number of hydrogen-bond acceptors (Lipinski definition) is 2. The molecular formula is C7H7ClF2N2O2. The van der Waals surface area contributed by atoms with Crippen LogP contribution in [0.4, 0.5) is 8.78 Å². The highest BCUT2D eigenvalue weighted by atomic mass is 35.5. The van der Waals surface area contributed by atoms with Gasteiger partial charge in [0, 0.05) is 0 Å². The predicted octanol–water partition coefficient (Wildman–Crippen LogP) is 1.95. The number of halogens is 3. The number of nitrogens with zero attached hydrogens (tertiary/aromatic N) is 2.